The standard InChI is InChI=1S/C10H9BrClN3OS2/c11-7-5-6(12)1-2-8(7)16-3-4-17-10-15-14-9(13)18-10/h1-2,5H,3-4H2,(H2,13,14). The molecule has 0 saturated heterocycles. The first-order valence-corrected chi connectivity index (χ1v) is 7.92. The summed E-state index contributed by atoms with van der Waals surface area (Å²) < 4.78 is 7.32. The maximum absolute atomic E-state index is 5.85. The summed E-state index contributed by atoms with van der Waals surface area (Å²) >= 11 is 12.2. The molecule has 0 atom stereocenters. The Bertz CT molecular complexity index is 538. The van der Waals surface area contributed by atoms with Crippen molar-refractivity contribution in [2.24, 2.45) is 0 Å². The second-order valence-corrected chi connectivity index (χ2v) is 6.82. The van der Waals surface area contributed by atoms with Crippen LogP contribution < -0.4 is 10.5 Å². The van der Waals surface area contributed by atoms with Crippen molar-refractivity contribution in [3.8, 4) is 5.75 Å². The van der Waals surface area contributed by atoms with Crippen molar-refractivity contribution >= 4 is 55.8 Å². The maximum Gasteiger partial charge on any atom is 0.203 e. The second-order valence-electron chi connectivity index (χ2n) is 3.18. The molecule has 4 nitrogen and oxygen atoms in total. The SMILES string of the molecule is Nc1nnc(SCCOc2ccc(Cl)cc2Br)s1. The number of halogens is 2. The van der Waals surface area contributed by atoms with Gasteiger partial charge < -0.3 is 10.5 Å². The van der Waals surface area contributed by atoms with Gasteiger partial charge in [-0.2, -0.15) is 0 Å². The van der Waals surface area contributed by atoms with Crippen LogP contribution in [0.15, 0.2) is 27.0 Å². The Morgan fingerprint density at radius 1 is 1.44 bits per heavy atom. The van der Waals surface area contributed by atoms with E-state index in [0.29, 0.717) is 16.8 Å². The van der Waals surface area contributed by atoms with Gasteiger partial charge in [-0.15, -0.1) is 10.2 Å². The van der Waals surface area contributed by atoms with E-state index in [1.54, 1.807) is 23.9 Å². The van der Waals surface area contributed by atoms with Gasteiger partial charge in [-0.3, -0.25) is 0 Å². The van der Waals surface area contributed by atoms with Crippen LogP contribution in [-0.4, -0.2) is 22.6 Å². The summed E-state index contributed by atoms with van der Waals surface area (Å²) in [4.78, 5) is 0. The smallest absolute Gasteiger partial charge is 0.203 e. The molecule has 0 unspecified atom stereocenters. The van der Waals surface area contributed by atoms with Crippen molar-refractivity contribution in [3.05, 3.63) is 27.7 Å². The Labute approximate surface area is 126 Å². The highest BCUT2D eigenvalue weighted by molar-refractivity contribution is 9.10. The van der Waals surface area contributed by atoms with Gasteiger partial charge in [0.05, 0.1) is 11.1 Å². The van der Waals surface area contributed by atoms with Crippen molar-refractivity contribution in [2.45, 2.75) is 4.34 Å². The molecule has 0 aliphatic carbocycles. The van der Waals surface area contributed by atoms with E-state index in [1.807, 2.05) is 6.07 Å². The molecule has 96 valence electrons. The lowest BCUT2D eigenvalue weighted by molar-refractivity contribution is 0.342. The molecule has 1 aromatic carbocycles. The minimum atomic E-state index is 0.485. The number of thioether (sulfide) groups is 1. The fraction of sp³-hybridized carbons (Fsp3) is 0.200. The number of aromatic nitrogens is 2. The van der Waals surface area contributed by atoms with Crippen molar-refractivity contribution in [1.29, 1.82) is 0 Å². The zero-order valence-electron chi connectivity index (χ0n) is 9.10. The van der Waals surface area contributed by atoms with Crippen LogP contribution in [0.1, 0.15) is 0 Å². The number of hydrogen-bond acceptors (Lipinski definition) is 6. The average Bonchev–Trinajstić information content (AvgIpc) is 2.73. The van der Waals surface area contributed by atoms with E-state index in [-0.39, 0.29) is 0 Å². The molecule has 0 fully saturated rings. The van der Waals surface area contributed by atoms with Crippen LogP contribution in [0.4, 0.5) is 5.13 Å². The van der Waals surface area contributed by atoms with Crippen molar-refractivity contribution in [3.63, 3.8) is 0 Å². The number of anilines is 1. The van der Waals surface area contributed by atoms with Crippen LogP contribution in [0.2, 0.25) is 5.02 Å². The molecule has 0 spiro atoms. The summed E-state index contributed by atoms with van der Waals surface area (Å²) in [6.45, 7) is 0.574. The van der Waals surface area contributed by atoms with E-state index in [9.17, 15) is 0 Å². The molecular weight excluding hydrogens is 358 g/mol. The molecule has 0 aliphatic heterocycles. The first kappa shape index (κ1) is 13.9. The Kier molecular flexibility index (Phi) is 5.11. The van der Waals surface area contributed by atoms with Crippen molar-refractivity contribution in [2.75, 3.05) is 18.1 Å². The van der Waals surface area contributed by atoms with Crippen LogP contribution >= 0.6 is 50.6 Å². The number of rotatable bonds is 5. The first-order valence-electron chi connectivity index (χ1n) is 4.95. The molecule has 0 bridgehead atoms. The van der Waals surface area contributed by atoms with Gasteiger partial charge in [0.1, 0.15) is 5.75 Å². The molecule has 0 saturated carbocycles. The Morgan fingerprint density at radius 3 is 2.94 bits per heavy atom. The van der Waals surface area contributed by atoms with Gasteiger partial charge in [-0.25, -0.2) is 0 Å². The van der Waals surface area contributed by atoms with Gasteiger partial charge in [0.15, 0.2) is 4.34 Å². The largest absolute Gasteiger partial charge is 0.492 e. The number of nitrogens with two attached hydrogens (primary N) is 1. The lowest BCUT2D eigenvalue weighted by Gasteiger charge is -2.07. The topological polar surface area (TPSA) is 61.0 Å². The maximum atomic E-state index is 5.85. The normalized spacial score (nSPS) is 10.6. The van der Waals surface area contributed by atoms with Gasteiger partial charge >= 0.3 is 0 Å². The van der Waals surface area contributed by atoms with Gasteiger partial charge in [0, 0.05) is 10.8 Å². The molecule has 2 N–H and O–H groups in total. The monoisotopic (exact) mass is 365 g/mol. The Morgan fingerprint density at radius 2 is 2.28 bits per heavy atom. The lowest BCUT2D eigenvalue weighted by Crippen LogP contribution is -2.00. The zero-order chi connectivity index (χ0) is 13.0. The molecule has 8 heteroatoms. The number of nitrogen functional groups attached to an aromatic ring is 1. The summed E-state index contributed by atoms with van der Waals surface area (Å²) in [6.07, 6.45) is 0. The summed E-state index contributed by atoms with van der Waals surface area (Å²) in [7, 11) is 0. The summed E-state index contributed by atoms with van der Waals surface area (Å²) in [5, 5.41) is 8.81. The summed E-state index contributed by atoms with van der Waals surface area (Å²) in [6, 6.07) is 5.43. The fourth-order valence-electron chi connectivity index (χ4n) is 1.15. The number of hydrogen-bond donors (Lipinski definition) is 1. The third-order valence-corrected chi connectivity index (χ3v) is 4.59. The predicted octanol–water partition coefficient (Wildman–Crippen LogP) is 3.71. The zero-order valence-corrected chi connectivity index (χ0v) is 13.1. The third kappa shape index (κ3) is 4.01. The summed E-state index contributed by atoms with van der Waals surface area (Å²) in [5.41, 5.74) is 5.49. The molecule has 18 heavy (non-hydrogen) atoms. The molecule has 2 aromatic rings. The second kappa shape index (κ2) is 6.60. The number of benzene rings is 1. The van der Waals surface area contributed by atoms with E-state index in [4.69, 9.17) is 22.1 Å². The van der Waals surface area contributed by atoms with Crippen molar-refractivity contribution in [1.82, 2.24) is 10.2 Å². The quantitative estimate of drug-likeness (QED) is 0.645. The minimum absolute atomic E-state index is 0.485. The van der Waals surface area contributed by atoms with E-state index in [2.05, 4.69) is 26.1 Å². The van der Waals surface area contributed by atoms with E-state index in [1.165, 1.54) is 11.3 Å². The van der Waals surface area contributed by atoms with Crippen LogP contribution in [-0.2, 0) is 0 Å². The van der Waals surface area contributed by atoms with E-state index >= 15 is 0 Å². The van der Waals surface area contributed by atoms with Crippen LogP contribution in [0.25, 0.3) is 0 Å². The molecule has 1 heterocycles. The first-order chi connectivity index (χ1) is 8.65. The highest BCUT2D eigenvalue weighted by atomic mass is 79.9. The highest BCUT2D eigenvalue weighted by Crippen LogP contribution is 2.28. The predicted molar refractivity (Wildman–Crippen MR) is 79.7 cm³/mol. The van der Waals surface area contributed by atoms with Gasteiger partial charge in [0.2, 0.25) is 5.13 Å². The van der Waals surface area contributed by atoms with Gasteiger partial charge in [0.25, 0.3) is 0 Å². The minimum Gasteiger partial charge on any atom is -0.492 e. The van der Waals surface area contributed by atoms with E-state index < -0.39 is 0 Å². The van der Waals surface area contributed by atoms with Crippen LogP contribution in [0.3, 0.4) is 0 Å². The van der Waals surface area contributed by atoms with E-state index in [0.717, 1.165) is 20.3 Å². The summed E-state index contributed by atoms with van der Waals surface area (Å²) in [5.74, 6) is 1.56. The van der Waals surface area contributed by atoms with Crippen LogP contribution in [0.5, 0.6) is 5.75 Å². The molecule has 0 aliphatic rings. The van der Waals surface area contributed by atoms with Crippen molar-refractivity contribution < 1.29 is 4.74 Å². The average molecular weight is 367 g/mol. The number of nitrogens with zero attached hydrogens (tertiary/aromatic N) is 2. The number of ether oxygens (including phenoxy) is 1. The molecule has 0 radical (unpaired) electrons. The molecule has 0 amide bonds. The Balaban J connectivity index is 1.78. The highest BCUT2D eigenvalue weighted by Gasteiger charge is 2.04. The molecular formula is C10H9BrClN3OS2. The van der Waals surface area contributed by atoms with Gasteiger partial charge in [-0.1, -0.05) is 34.7 Å². The van der Waals surface area contributed by atoms with Crippen LogP contribution in [0, 0.1) is 0 Å². The molecule has 1 aromatic heterocycles. The Hall–Kier alpha value is -0.500. The van der Waals surface area contributed by atoms with Gasteiger partial charge in [-0.05, 0) is 34.1 Å². The third-order valence-electron chi connectivity index (χ3n) is 1.88. The lowest BCUT2D eigenvalue weighted by atomic mass is 10.3. The molecule has 2 rings (SSSR count). The fourth-order valence-corrected chi connectivity index (χ4v) is 3.47.